The summed E-state index contributed by atoms with van der Waals surface area (Å²) in [5.74, 6) is 1.35. The molecular weight excluding hydrogens is 302 g/mol. The van der Waals surface area contributed by atoms with E-state index in [9.17, 15) is 0 Å². The van der Waals surface area contributed by atoms with Gasteiger partial charge in [-0.05, 0) is 42.0 Å². The molecule has 4 rings (SSSR count). The average Bonchev–Trinajstić information content (AvgIpc) is 3.08. The Balaban J connectivity index is 1.25. The zero-order valence-corrected chi connectivity index (χ0v) is 13.7. The summed E-state index contributed by atoms with van der Waals surface area (Å²) in [5, 5.41) is 3.63. The quantitative estimate of drug-likeness (QED) is 0.885. The minimum absolute atomic E-state index is 0.146. The molecule has 2 aromatic rings. The van der Waals surface area contributed by atoms with Crippen LogP contribution in [0.1, 0.15) is 36.3 Å². The van der Waals surface area contributed by atoms with E-state index < -0.39 is 0 Å². The molecule has 5 heteroatoms. The Morgan fingerprint density at radius 3 is 3.00 bits per heavy atom. The van der Waals surface area contributed by atoms with Crippen LogP contribution in [0, 0.1) is 0 Å². The second-order valence-electron chi connectivity index (χ2n) is 6.64. The average molecular weight is 325 g/mol. The van der Waals surface area contributed by atoms with Gasteiger partial charge in [0.15, 0.2) is 0 Å². The van der Waals surface area contributed by atoms with Gasteiger partial charge in [-0.1, -0.05) is 6.07 Å². The smallest absolute Gasteiger partial charge is 0.213 e. The third-order valence-electron chi connectivity index (χ3n) is 4.86. The van der Waals surface area contributed by atoms with Crippen molar-refractivity contribution in [3.8, 4) is 5.88 Å². The van der Waals surface area contributed by atoms with E-state index in [0.29, 0.717) is 24.4 Å². The van der Waals surface area contributed by atoms with Crippen molar-refractivity contribution < 1.29 is 9.47 Å². The third-order valence-corrected chi connectivity index (χ3v) is 4.86. The molecule has 1 atom stereocenters. The zero-order chi connectivity index (χ0) is 16.2. The summed E-state index contributed by atoms with van der Waals surface area (Å²) in [6.07, 6.45) is 9.09. The molecule has 2 aliphatic rings. The molecule has 1 unspecified atom stereocenters. The van der Waals surface area contributed by atoms with Crippen LogP contribution in [0.3, 0.4) is 0 Å². The molecule has 1 saturated heterocycles. The van der Waals surface area contributed by atoms with Crippen molar-refractivity contribution in [2.24, 2.45) is 0 Å². The van der Waals surface area contributed by atoms with Crippen LogP contribution in [0.25, 0.3) is 0 Å². The first kappa shape index (κ1) is 15.5. The van der Waals surface area contributed by atoms with Crippen LogP contribution < -0.4 is 10.1 Å². The van der Waals surface area contributed by atoms with E-state index in [1.807, 2.05) is 36.8 Å². The highest BCUT2D eigenvalue weighted by Crippen LogP contribution is 2.36. The molecule has 1 saturated carbocycles. The molecule has 3 heterocycles. The van der Waals surface area contributed by atoms with E-state index in [-0.39, 0.29) is 6.10 Å². The van der Waals surface area contributed by atoms with Crippen LogP contribution >= 0.6 is 0 Å². The van der Waals surface area contributed by atoms with Crippen molar-refractivity contribution in [3.63, 3.8) is 0 Å². The molecule has 0 aromatic carbocycles. The molecule has 0 spiro atoms. The fraction of sp³-hybridized carbons (Fsp3) is 0.474. The van der Waals surface area contributed by atoms with E-state index in [4.69, 9.17) is 9.47 Å². The summed E-state index contributed by atoms with van der Waals surface area (Å²) in [6.45, 7) is 2.30. The maximum Gasteiger partial charge on any atom is 0.213 e. The summed E-state index contributed by atoms with van der Waals surface area (Å²) >= 11 is 0. The van der Waals surface area contributed by atoms with Crippen molar-refractivity contribution in [3.05, 3.63) is 54.0 Å². The molecule has 24 heavy (non-hydrogen) atoms. The lowest BCUT2D eigenvalue weighted by Crippen LogP contribution is -2.39. The number of hydrogen-bond donors (Lipinski definition) is 1. The lowest BCUT2D eigenvalue weighted by atomic mass is 9.76. The van der Waals surface area contributed by atoms with Crippen LogP contribution in [0.15, 0.2) is 42.9 Å². The minimum Gasteiger partial charge on any atom is -0.472 e. The topological polar surface area (TPSA) is 56.3 Å². The van der Waals surface area contributed by atoms with Gasteiger partial charge >= 0.3 is 0 Å². The summed E-state index contributed by atoms with van der Waals surface area (Å²) < 4.78 is 11.2. The van der Waals surface area contributed by atoms with E-state index >= 15 is 0 Å². The number of hydrogen-bond acceptors (Lipinski definition) is 5. The Kier molecular flexibility index (Phi) is 4.71. The Bertz CT molecular complexity index is 653. The Hall–Kier alpha value is -1.98. The lowest BCUT2D eigenvalue weighted by molar-refractivity contribution is 0.138. The lowest BCUT2D eigenvalue weighted by Gasteiger charge is -2.36. The predicted octanol–water partition coefficient (Wildman–Crippen LogP) is 2.68. The molecule has 0 amide bonds. The second kappa shape index (κ2) is 7.28. The van der Waals surface area contributed by atoms with Gasteiger partial charge < -0.3 is 14.8 Å². The molecule has 1 aliphatic heterocycles. The van der Waals surface area contributed by atoms with Crippen molar-refractivity contribution in [2.45, 2.75) is 43.9 Å². The molecule has 2 fully saturated rings. The van der Waals surface area contributed by atoms with Crippen molar-refractivity contribution in [1.82, 2.24) is 15.3 Å². The number of nitrogens with zero attached hydrogens (tertiary/aromatic N) is 2. The highest BCUT2D eigenvalue weighted by Gasteiger charge is 2.29. The third kappa shape index (κ3) is 3.74. The van der Waals surface area contributed by atoms with E-state index in [0.717, 1.165) is 19.6 Å². The molecule has 2 aromatic heterocycles. The SMILES string of the molecule is c1cncc(C2CC(NCc3ccnc(OC4CCOC4)c3)C2)c1. The fourth-order valence-electron chi connectivity index (χ4n) is 3.34. The van der Waals surface area contributed by atoms with Crippen LogP contribution in [0.2, 0.25) is 0 Å². The first-order valence-electron chi connectivity index (χ1n) is 8.69. The molecule has 0 bridgehead atoms. The Labute approximate surface area is 142 Å². The zero-order valence-electron chi connectivity index (χ0n) is 13.7. The molecule has 5 nitrogen and oxygen atoms in total. The van der Waals surface area contributed by atoms with Crippen LogP contribution in [-0.4, -0.2) is 35.3 Å². The van der Waals surface area contributed by atoms with Crippen LogP contribution in [0.4, 0.5) is 0 Å². The Morgan fingerprint density at radius 1 is 1.25 bits per heavy atom. The first-order valence-corrected chi connectivity index (χ1v) is 8.69. The number of nitrogens with one attached hydrogen (secondary N) is 1. The van der Waals surface area contributed by atoms with Gasteiger partial charge in [0.1, 0.15) is 6.10 Å². The van der Waals surface area contributed by atoms with Crippen LogP contribution in [0.5, 0.6) is 5.88 Å². The van der Waals surface area contributed by atoms with Crippen molar-refractivity contribution in [1.29, 1.82) is 0 Å². The van der Waals surface area contributed by atoms with Crippen LogP contribution in [-0.2, 0) is 11.3 Å². The van der Waals surface area contributed by atoms with E-state index in [1.165, 1.54) is 24.0 Å². The molecule has 1 N–H and O–H groups in total. The summed E-state index contributed by atoms with van der Waals surface area (Å²) in [5.41, 5.74) is 2.57. The summed E-state index contributed by atoms with van der Waals surface area (Å²) in [7, 11) is 0. The second-order valence-corrected chi connectivity index (χ2v) is 6.64. The highest BCUT2D eigenvalue weighted by atomic mass is 16.5. The van der Waals surface area contributed by atoms with Gasteiger partial charge in [-0.25, -0.2) is 4.98 Å². The fourth-order valence-corrected chi connectivity index (χ4v) is 3.34. The van der Waals surface area contributed by atoms with Crippen molar-refractivity contribution in [2.75, 3.05) is 13.2 Å². The largest absolute Gasteiger partial charge is 0.472 e. The number of ether oxygens (including phenoxy) is 2. The number of rotatable bonds is 6. The standard InChI is InChI=1S/C19H23N3O2/c1-2-15(12-20-5-1)16-9-17(10-16)22-11-14-3-6-21-19(8-14)24-18-4-7-23-13-18/h1-3,5-6,8,12,16-18,22H,4,7,9-11,13H2. The first-order chi connectivity index (χ1) is 11.9. The van der Waals surface area contributed by atoms with Gasteiger partial charge in [-0.2, -0.15) is 0 Å². The maximum absolute atomic E-state index is 5.87. The Morgan fingerprint density at radius 2 is 2.21 bits per heavy atom. The molecular formula is C19H23N3O2. The van der Waals surface area contributed by atoms with E-state index in [2.05, 4.69) is 21.4 Å². The van der Waals surface area contributed by atoms with Gasteiger partial charge in [0.2, 0.25) is 5.88 Å². The van der Waals surface area contributed by atoms with Gasteiger partial charge in [-0.15, -0.1) is 0 Å². The highest BCUT2D eigenvalue weighted by molar-refractivity contribution is 5.22. The summed E-state index contributed by atoms with van der Waals surface area (Å²) in [6, 6.07) is 8.85. The molecule has 126 valence electrons. The maximum atomic E-state index is 5.87. The van der Waals surface area contributed by atoms with E-state index in [1.54, 1.807) is 0 Å². The summed E-state index contributed by atoms with van der Waals surface area (Å²) in [4.78, 5) is 8.51. The molecule has 1 aliphatic carbocycles. The van der Waals surface area contributed by atoms with Gasteiger partial charge in [0.25, 0.3) is 0 Å². The number of pyridine rings is 2. The van der Waals surface area contributed by atoms with Gasteiger partial charge in [0.05, 0.1) is 13.2 Å². The monoisotopic (exact) mass is 325 g/mol. The normalized spacial score (nSPS) is 26.1. The van der Waals surface area contributed by atoms with Crippen molar-refractivity contribution >= 4 is 0 Å². The molecule has 0 radical (unpaired) electrons. The minimum atomic E-state index is 0.146. The number of aromatic nitrogens is 2. The predicted molar refractivity (Wildman–Crippen MR) is 90.9 cm³/mol. The van der Waals surface area contributed by atoms with Gasteiger partial charge in [-0.3, -0.25) is 4.98 Å². The van der Waals surface area contributed by atoms with Gasteiger partial charge in [0, 0.05) is 43.7 Å².